The fourth-order valence-electron chi connectivity index (χ4n) is 1.80. The summed E-state index contributed by atoms with van der Waals surface area (Å²) in [5, 5.41) is 1.90. The van der Waals surface area contributed by atoms with Crippen molar-refractivity contribution in [1.82, 2.24) is 0 Å². The Bertz CT molecular complexity index is 395. The summed E-state index contributed by atoms with van der Waals surface area (Å²) in [6.45, 7) is 6.15. The van der Waals surface area contributed by atoms with Gasteiger partial charge in [0.1, 0.15) is 0 Å². The molecule has 1 aromatic rings. The van der Waals surface area contributed by atoms with E-state index in [4.69, 9.17) is 4.74 Å². The number of carbonyl (C=O) groups is 2. The smallest absolute Gasteiger partial charge is 0.309 e. The van der Waals surface area contributed by atoms with Crippen LogP contribution in [0.5, 0.6) is 0 Å². The van der Waals surface area contributed by atoms with E-state index in [1.807, 2.05) is 25.3 Å². The molecule has 3 nitrogen and oxygen atoms in total. The second kappa shape index (κ2) is 6.55. The average molecular weight is 254 g/mol. The number of carbonyl (C=O) groups excluding carboxylic acids is 2. The van der Waals surface area contributed by atoms with Gasteiger partial charge in [0, 0.05) is 16.9 Å². The SMILES string of the molecule is CC.CCOC(=O)C1CC(=O)c2ccsc2C1. The molecule has 0 N–H and O–H groups in total. The normalized spacial score (nSPS) is 17.8. The molecule has 1 unspecified atom stereocenters. The zero-order valence-corrected chi connectivity index (χ0v) is 11.3. The van der Waals surface area contributed by atoms with Gasteiger partial charge in [0.25, 0.3) is 0 Å². The molecule has 0 aromatic carbocycles. The number of thiophene rings is 1. The quantitative estimate of drug-likeness (QED) is 0.762. The van der Waals surface area contributed by atoms with Gasteiger partial charge in [-0.25, -0.2) is 0 Å². The molecule has 0 radical (unpaired) electrons. The van der Waals surface area contributed by atoms with E-state index in [9.17, 15) is 9.59 Å². The van der Waals surface area contributed by atoms with Crippen LogP contribution in [0.2, 0.25) is 0 Å². The summed E-state index contributed by atoms with van der Waals surface area (Å²) < 4.78 is 4.93. The molecule has 0 amide bonds. The first-order chi connectivity index (χ1) is 8.22. The molecule has 2 rings (SSSR count). The van der Waals surface area contributed by atoms with Gasteiger partial charge in [0.05, 0.1) is 12.5 Å². The van der Waals surface area contributed by atoms with E-state index in [1.54, 1.807) is 6.92 Å². The highest BCUT2D eigenvalue weighted by atomic mass is 32.1. The van der Waals surface area contributed by atoms with Crippen LogP contribution in [0, 0.1) is 5.92 Å². The van der Waals surface area contributed by atoms with E-state index in [1.165, 1.54) is 11.3 Å². The average Bonchev–Trinajstić information content (AvgIpc) is 2.80. The van der Waals surface area contributed by atoms with Crippen LogP contribution in [-0.2, 0) is 16.0 Å². The lowest BCUT2D eigenvalue weighted by atomic mass is 9.88. The van der Waals surface area contributed by atoms with E-state index >= 15 is 0 Å². The van der Waals surface area contributed by atoms with Gasteiger partial charge in [-0.15, -0.1) is 11.3 Å². The molecule has 0 aliphatic heterocycles. The molecule has 0 bridgehead atoms. The number of fused-ring (bicyclic) bond motifs is 1. The summed E-state index contributed by atoms with van der Waals surface area (Å²) >= 11 is 1.54. The van der Waals surface area contributed by atoms with Crippen molar-refractivity contribution < 1.29 is 14.3 Å². The number of ether oxygens (including phenoxy) is 1. The molecule has 1 aliphatic carbocycles. The molecule has 94 valence electrons. The maximum Gasteiger partial charge on any atom is 0.309 e. The Kier molecular flexibility index (Phi) is 5.35. The van der Waals surface area contributed by atoms with Gasteiger partial charge in [-0.3, -0.25) is 9.59 Å². The molecule has 0 saturated carbocycles. The van der Waals surface area contributed by atoms with Crippen LogP contribution in [0.25, 0.3) is 0 Å². The number of esters is 1. The van der Waals surface area contributed by atoms with Crippen molar-refractivity contribution >= 4 is 23.1 Å². The summed E-state index contributed by atoms with van der Waals surface area (Å²) in [6, 6.07) is 1.84. The van der Waals surface area contributed by atoms with Crippen molar-refractivity contribution in [2.45, 2.75) is 33.6 Å². The molecule has 0 spiro atoms. The first kappa shape index (κ1) is 13.9. The van der Waals surface area contributed by atoms with Crippen molar-refractivity contribution in [3.8, 4) is 0 Å². The summed E-state index contributed by atoms with van der Waals surface area (Å²) in [7, 11) is 0. The molecule has 0 fully saturated rings. The summed E-state index contributed by atoms with van der Waals surface area (Å²) in [5.74, 6) is -0.455. The van der Waals surface area contributed by atoms with Crippen molar-refractivity contribution in [2.75, 3.05) is 6.61 Å². The van der Waals surface area contributed by atoms with Crippen LogP contribution in [0.4, 0.5) is 0 Å². The van der Waals surface area contributed by atoms with E-state index in [0.29, 0.717) is 19.4 Å². The van der Waals surface area contributed by atoms with E-state index < -0.39 is 0 Å². The topological polar surface area (TPSA) is 43.4 Å². The van der Waals surface area contributed by atoms with Gasteiger partial charge in [0.15, 0.2) is 5.78 Å². The van der Waals surface area contributed by atoms with E-state index in [2.05, 4.69) is 0 Å². The van der Waals surface area contributed by atoms with Crippen LogP contribution in [0.1, 0.15) is 42.4 Å². The minimum atomic E-state index is -0.274. The van der Waals surface area contributed by atoms with Crippen LogP contribution >= 0.6 is 11.3 Å². The Labute approximate surface area is 106 Å². The minimum absolute atomic E-state index is 0.0653. The lowest BCUT2D eigenvalue weighted by Gasteiger charge is -2.19. The van der Waals surface area contributed by atoms with Gasteiger partial charge in [0.2, 0.25) is 0 Å². The Morgan fingerprint density at radius 3 is 2.82 bits per heavy atom. The third-order valence-electron chi connectivity index (χ3n) is 2.53. The Hall–Kier alpha value is -1.16. The van der Waals surface area contributed by atoms with Gasteiger partial charge in [-0.1, -0.05) is 13.8 Å². The largest absolute Gasteiger partial charge is 0.466 e. The first-order valence-electron chi connectivity index (χ1n) is 5.98. The van der Waals surface area contributed by atoms with Crippen LogP contribution in [-0.4, -0.2) is 18.4 Å². The number of Topliss-reactive ketones (excluding diaryl/α,β-unsaturated/α-hetero) is 1. The van der Waals surface area contributed by atoms with Gasteiger partial charge in [-0.05, 0) is 24.8 Å². The van der Waals surface area contributed by atoms with Crippen LogP contribution < -0.4 is 0 Å². The maximum atomic E-state index is 11.7. The lowest BCUT2D eigenvalue weighted by molar-refractivity contribution is -0.148. The monoisotopic (exact) mass is 254 g/mol. The number of hydrogen-bond donors (Lipinski definition) is 0. The molecular formula is C13H18O3S. The number of ketones is 1. The second-order valence-corrected chi connectivity index (χ2v) is 4.54. The zero-order valence-electron chi connectivity index (χ0n) is 10.5. The summed E-state index contributed by atoms with van der Waals surface area (Å²) in [6.07, 6.45) is 0.945. The van der Waals surface area contributed by atoms with Crippen molar-refractivity contribution in [3.05, 3.63) is 21.9 Å². The third kappa shape index (κ3) is 3.16. The number of hydrogen-bond acceptors (Lipinski definition) is 4. The molecule has 4 heteroatoms. The molecule has 0 saturated heterocycles. The summed E-state index contributed by atoms with van der Waals surface area (Å²) in [5.41, 5.74) is 0.792. The van der Waals surface area contributed by atoms with Crippen molar-refractivity contribution in [2.24, 2.45) is 5.92 Å². The third-order valence-corrected chi connectivity index (χ3v) is 3.47. The first-order valence-corrected chi connectivity index (χ1v) is 6.86. The van der Waals surface area contributed by atoms with Gasteiger partial charge >= 0.3 is 5.97 Å². The van der Waals surface area contributed by atoms with Crippen molar-refractivity contribution in [1.29, 1.82) is 0 Å². The lowest BCUT2D eigenvalue weighted by Crippen LogP contribution is -2.27. The van der Waals surface area contributed by atoms with Crippen molar-refractivity contribution in [3.63, 3.8) is 0 Å². The highest BCUT2D eigenvalue weighted by molar-refractivity contribution is 7.10. The second-order valence-electron chi connectivity index (χ2n) is 3.54. The predicted molar refractivity (Wildman–Crippen MR) is 68.4 cm³/mol. The molecule has 1 aromatic heterocycles. The highest BCUT2D eigenvalue weighted by Crippen LogP contribution is 2.30. The Balaban J connectivity index is 0.000000686. The van der Waals surface area contributed by atoms with Crippen LogP contribution in [0.15, 0.2) is 11.4 Å². The highest BCUT2D eigenvalue weighted by Gasteiger charge is 2.31. The minimum Gasteiger partial charge on any atom is -0.466 e. The molecule has 1 heterocycles. The van der Waals surface area contributed by atoms with Gasteiger partial charge in [-0.2, -0.15) is 0 Å². The van der Waals surface area contributed by atoms with E-state index in [0.717, 1.165) is 10.4 Å². The Morgan fingerprint density at radius 2 is 2.18 bits per heavy atom. The predicted octanol–water partition coefficient (Wildman–Crippen LogP) is 3.08. The fraction of sp³-hybridized carbons (Fsp3) is 0.538. The number of rotatable bonds is 2. The van der Waals surface area contributed by atoms with E-state index in [-0.39, 0.29) is 17.7 Å². The standard InChI is InChI=1S/C11H12O3S.C2H6/c1-2-14-11(13)7-5-9(12)8-3-4-15-10(8)6-7;1-2/h3-4,7H,2,5-6H2,1H3;1-2H3. The Morgan fingerprint density at radius 1 is 1.47 bits per heavy atom. The van der Waals surface area contributed by atoms with Crippen LogP contribution in [0.3, 0.4) is 0 Å². The summed E-state index contributed by atoms with van der Waals surface area (Å²) in [4.78, 5) is 24.2. The molecule has 1 aliphatic rings. The van der Waals surface area contributed by atoms with Gasteiger partial charge < -0.3 is 4.74 Å². The molecular weight excluding hydrogens is 236 g/mol. The fourth-order valence-corrected chi connectivity index (χ4v) is 2.78. The maximum absolute atomic E-state index is 11.7. The molecule has 17 heavy (non-hydrogen) atoms. The molecule has 1 atom stereocenters. The zero-order chi connectivity index (χ0) is 12.8.